The number of aryl methyl sites for hydroxylation is 1. The van der Waals surface area contributed by atoms with Gasteiger partial charge in [-0.05, 0) is 48.9 Å². The molecule has 9 nitrogen and oxygen atoms in total. The number of carbonyl (C=O) groups is 1. The Labute approximate surface area is 186 Å². The Morgan fingerprint density at radius 2 is 1.72 bits per heavy atom. The Morgan fingerprint density at radius 3 is 2.38 bits per heavy atom. The molecule has 174 valence electrons. The number of carbonyl (C=O) groups excluding carboxylic acids is 1. The van der Waals surface area contributed by atoms with E-state index < -0.39 is 31.8 Å². The number of benzene rings is 2. The standard InChI is InChI=1S/C20H24FN3O6S2/c1-15-2-7-18(32(28,29)23-17-5-3-16(21)4-6-17)14-19(15)20(25)22-8-13-31(26,27)24-9-11-30-12-10-24/h2-7,14,23H,8-13H2,1H3,(H,22,25). The zero-order valence-corrected chi connectivity index (χ0v) is 19.0. The van der Waals surface area contributed by atoms with Crippen molar-refractivity contribution in [3.63, 3.8) is 0 Å². The van der Waals surface area contributed by atoms with E-state index in [4.69, 9.17) is 4.74 Å². The molecule has 2 N–H and O–H groups in total. The van der Waals surface area contributed by atoms with Gasteiger partial charge in [0.1, 0.15) is 5.82 Å². The molecule has 0 saturated carbocycles. The van der Waals surface area contributed by atoms with E-state index in [9.17, 15) is 26.0 Å². The molecule has 0 atom stereocenters. The number of nitrogens with one attached hydrogen (secondary N) is 2. The normalized spacial score (nSPS) is 15.3. The number of ether oxygens (including phenoxy) is 1. The van der Waals surface area contributed by atoms with Crippen LogP contribution < -0.4 is 10.0 Å². The maximum atomic E-state index is 13.0. The number of amides is 1. The fraction of sp³-hybridized carbons (Fsp3) is 0.350. The molecule has 2 aromatic rings. The van der Waals surface area contributed by atoms with E-state index in [1.165, 1.54) is 34.6 Å². The maximum Gasteiger partial charge on any atom is 0.261 e. The molecule has 12 heteroatoms. The first-order valence-corrected chi connectivity index (χ1v) is 12.9. The van der Waals surface area contributed by atoms with Crippen LogP contribution in [0.25, 0.3) is 0 Å². The first-order valence-electron chi connectivity index (χ1n) is 9.81. The van der Waals surface area contributed by atoms with Gasteiger partial charge in [-0.3, -0.25) is 9.52 Å². The maximum absolute atomic E-state index is 13.0. The lowest BCUT2D eigenvalue weighted by atomic mass is 10.1. The highest BCUT2D eigenvalue weighted by Gasteiger charge is 2.24. The van der Waals surface area contributed by atoms with Crippen LogP contribution in [0, 0.1) is 12.7 Å². The van der Waals surface area contributed by atoms with Crippen molar-refractivity contribution < 1.29 is 30.8 Å². The number of rotatable bonds is 8. The Morgan fingerprint density at radius 1 is 1.06 bits per heavy atom. The fourth-order valence-corrected chi connectivity index (χ4v) is 5.50. The number of anilines is 1. The summed E-state index contributed by atoms with van der Waals surface area (Å²) in [6.07, 6.45) is 0. The van der Waals surface area contributed by atoms with Gasteiger partial charge in [0.05, 0.1) is 23.9 Å². The minimum absolute atomic E-state index is 0.107. The van der Waals surface area contributed by atoms with Crippen LogP contribution in [0.3, 0.4) is 0 Å². The van der Waals surface area contributed by atoms with Gasteiger partial charge in [0.25, 0.3) is 15.9 Å². The van der Waals surface area contributed by atoms with E-state index in [-0.39, 0.29) is 41.5 Å². The van der Waals surface area contributed by atoms with Gasteiger partial charge in [-0.1, -0.05) is 6.07 Å². The molecule has 1 heterocycles. The van der Waals surface area contributed by atoms with Gasteiger partial charge in [0, 0.05) is 30.9 Å². The highest BCUT2D eigenvalue weighted by Crippen LogP contribution is 2.20. The zero-order chi connectivity index (χ0) is 23.4. The van der Waals surface area contributed by atoms with Crippen LogP contribution in [0.4, 0.5) is 10.1 Å². The van der Waals surface area contributed by atoms with Crippen molar-refractivity contribution in [3.05, 3.63) is 59.4 Å². The SMILES string of the molecule is Cc1ccc(S(=O)(=O)Nc2ccc(F)cc2)cc1C(=O)NCCS(=O)(=O)N1CCOCC1. The fourth-order valence-electron chi connectivity index (χ4n) is 3.09. The summed E-state index contributed by atoms with van der Waals surface area (Å²) in [4.78, 5) is 12.5. The van der Waals surface area contributed by atoms with E-state index in [0.717, 1.165) is 12.1 Å². The molecule has 1 amide bonds. The van der Waals surface area contributed by atoms with Crippen molar-refractivity contribution in [1.82, 2.24) is 9.62 Å². The predicted octanol–water partition coefficient (Wildman–Crippen LogP) is 1.33. The number of hydrogen-bond acceptors (Lipinski definition) is 6. The topological polar surface area (TPSA) is 122 Å². The van der Waals surface area contributed by atoms with Gasteiger partial charge in [0.2, 0.25) is 10.0 Å². The molecule has 0 bridgehead atoms. The second kappa shape index (κ2) is 9.94. The first-order chi connectivity index (χ1) is 15.1. The molecule has 0 spiro atoms. The van der Waals surface area contributed by atoms with Gasteiger partial charge in [0.15, 0.2) is 0 Å². The van der Waals surface area contributed by atoms with Crippen LogP contribution in [0.5, 0.6) is 0 Å². The number of sulfonamides is 2. The highest BCUT2D eigenvalue weighted by molar-refractivity contribution is 7.92. The highest BCUT2D eigenvalue weighted by atomic mass is 32.2. The number of hydrogen-bond donors (Lipinski definition) is 2. The van der Waals surface area contributed by atoms with E-state index in [0.29, 0.717) is 18.8 Å². The lowest BCUT2D eigenvalue weighted by Crippen LogP contribution is -2.43. The Hall–Kier alpha value is -2.54. The molecule has 0 unspecified atom stereocenters. The third kappa shape index (κ3) is 6.03. The van der Waals surface area contributed by atoms with Gasteiger partial charge >= 0.3 is 0 Å². The smallest absolute Gasteiger partial charge is 0.261 e. The second-order valence-electron chi connectivity index (χ2n) is 7.17. The second-order valence-corrected chi connectivity index (χ2v) is 10.9. The molecular weight excluding hydrogens is 461 g/mol. The van der Waals surface area contributed by atoms with Crippen molar-refractivity contribution in [1.29, 1.82) is 0 Å². The monoisotopic (exact) mass is 485 g/mol. The summed E-state index contributed by atoms with van der Waals surface area (Å²) in [5.74, 6) is -1.36. The van der Waals surface area contributed by atoms with Gasteiger partial charge in [-0.15, -0.1) is 0 Å². The van der Waals surface area contributed by atoms with Crippen LogP contribution in [-0.4, -0.2) is 65.6 Å². The summed E-state index contributed by atoms with van der Waals surface area (Å²) < 4.78 is 71.9. The third-order valence-corrected chi connectivity index (χ3v) is 8.12. The van der Waals surface area contributed by atoms with Crippen molar-refractivity contribution in [2.45, 2.75) is 11.8 Å². The average molecular weight is 486 g/mol. The zero-order valence-electron chi connectivity index (χ0n) is 17.4. The molecule has 32 heavy (non-hydrogen) atoms. The average Bonchev–Trinajstić information content (AvgIpc) is 2.76. The number of morpholine rings is 1. The van der Waals surface area contributed by atoms with Crippen LogP contribution in [0.2, 0.25) is 0 Å². The molecule has 1 aliphatic heterocycles. The van der Waals surface area contributed by atoms with Crippen molar-refractivity contribution >= 4 is 31.6 Å². The van der Waals surface area contributed by atoms with Crippen LogP contribution >= 0.6 is 0 Å². The largest absolute Gasteiger partial charge is 0.379 e. The van der Waals surface area contributed by atoms with Gasteiger partial charge in [-0.2, -0.15) is 4.31 Å². The molecule has 0 aromatic heterocycles. The van der Waals surface area contributed by atoms with E-state index in [2.05, 4.69) is 10.0 Å². The minimum atomic E-state index is -4.02. The molecular formula is C20H24FN3O6S2. The summed E-state index contributed by atoms with van der Waals surface area (Å²) in [6.45, 7) is 2.73. The molecule has 2 aromatic carbocycles. The molecule has 0 aliphatic carbocycles. The van der Waals surface area contributed by atoms with E-state index in [1.807, 2.05) is 0 Å². The molecule has 1 fully saturated rings. The summed E-state index contributed by atoms with van der Waals surface area (Å²) in [7, 11) is -7.56. The van der Waals surface area contributed by atoms with Crippen LogP contribution in [0.1, 0.15) is 15.9 Å². The summed E-state index contributed by atoms with van der Waals surface area (Å²) in [5.41, 5.74) is 0.807. The quantitative estimate of drug-likeness (QED) is 0.582. The first kappa shape index (κ1) is 24.1. The Bertz CT molecular complexity index is 1180. The summed E-state index contributed by atoms with van der Waals surface area (Å²) >= 11 is 0. The minimum Gasteiger partial charge on any atom is -0.379 e. The summed E-state index contributed by atoms with van der Waals surface area (Å²) in [5, 5.41) is 2.54. The third-order valence-electron chi connectivity index (χ3n) is 4.87. The summed E-state index contributed by atoms with van der Waals surface area (Å²) in [6, 6.07) is 8.85. The van der Waals surface area contributed by atoms with Gasteiger partial charge < -0.3 is 10.1 Å². The lowest BCUT2D eigenvalue weighted by Gasteiger charge is -2.26. The van der Waals surface area contributed by atoms with E-state index >= 15 is 0 Å². The van der Waals surface area contributed by atoms with Crippen LogP contribution in [-0.2, 0) is 24.8 Å². The van der Waals surface area contributed by atoms with Crippen molar-refractivity contribution in [3.8, 4) is 0 Å². The molecule has 1 saturated heterocycles. The number of nitrogens with zero attached hydrogens (tertiary/aromatic N) is 1. The molecule has 3 rings (SSSR count). The Balaban J connectivity index is 1.67. The van der Waals surface area contributed by atoms with E-state index in [1.54, 1.807) is 6.92 Å². The Kier molecular flexibility index (Phi) is 7.49. The predicted molar refractivity (Wildman–Crippen MR) is 117 cm³/mol. The van der Waals surface area contributed by atoms with Crippen molar-refractivity contribution in [2.75, 3.05) is 43.3 Å². The van der Waals surface area contributed by atoms with Crippen LogP contribution in [0.15, 0.2) is 47.4 Å². The van der Waals surface area contributed by atoms with Gasteiger partial charge in [-0.25, -0.2) is 21.2 Å². The number of halogens is 1. The molecule has 1 aliphatic rings. The van der Waals surface area contributed by atoms with Crippen molar-refractivity contribution in [2.24, 2.45) is 0 Å². The lowest BCUT2D eigenvalue weighted by molar-refractivity contribution is 0.0730. The molecule has 0 radical (unpaired) electrons.